The number of halogens is 1. The highest BCUT2D eigenvalue weighted by molar-refractivity contribution is 8.76. The van der Waals surface area contributed by atoms with E-state index in [0.29, 0.717) is 5.25 Å². The Hall–Kier alpha value is -1.70. The number of nitrogens with zero attached hydrogens (tertiary/aromatic N) is 2. The number of imidazole rings is 1. The third-order valence-corrected chi connectivity index (χ3v) is 9.95. The summed E-state index contributed by atoms with van der Waals surface area (Å²) in [5, 5.41) is 0.609. The minimum Gasteiger partial charge on any atom is -1.00 e. The van der Waals surface area contributed by atoms with Gasteiger partial charge < -0.3 is 17.1 Å². The predicted octanol–water partition coefficient (Wildman–Crippen LogP) is 2.98. The number of fused-ring (bicyclic) bond motifs is 2. The molecule has 2 heterocycles. The summed E-state index contributed by atoms with van der Waals surface area (Å²) >= 11 is 0. The van der Waals surface area contributed by atoms with Gasteiger partial charge in [0.1, 0.15) is 17.0 Å². The molecule has 1 aromatic carbocycles. The van der Waals surface area contributed by atoms with Crippen molar-refractivity contribution >= 4 is 38.4 Å². The molecule has 0 amide bonds. The van der Waals surface area contributed by atoms with E-state index >= 15 is 0 Å². The van der Waals surface area contributed by atoms with Crippen LogP contribution in [0.25, 0.3) is 17.0 Å². The molecule has 3 aromatic rings. The van der Waals surface area contributed by atoms with Gasteiger partial charge in [-0.25, -0.2) is 9.55 Å². The number of hydrogen-bond acceptors (Lipinski definition) is 5. The number of ether oxygens (including phenoxy) is 1. The first-order valence-corrected chi connectivity index (χ1v) is 13.9. The SMILES string of the molecule is CCC(C)SSCc1c(C)c(OC)cc[n+]1-c1nc2cc3c(cc2[nH]1)C(C)(C)C(=O)C3(C)C.[Cl-]. The second kappa shape index (κ2) is 9.75. The number of carbonyl (C=O) groups excluding carboxylic acids is 1. The minimum absolute atomic E-state index is 0. The van der Waals surface area contributed by atoms with Crippen molar-refractivity contribution in [1.29, 1.82) is 0 Å². The summed E-state index contributed by atoms with van der Waals surface area (Å²) < 4.78 is 7.74. The lowest BCUT2D eigenvalue weighted by Gasteiger charge is -2.21. The fourth-order valence-corrected chi connectivity index (χ4v) is 7.32. The van der Waals surface area contributed by atoms with Crippen LogP contribution < -0.4 is 21.7 Å². The molecule has 1 atom stereocenters. The fraction of sp³-hybridized carbons (Fsp3) is 0.500. The average Bonchev–Trinajstić information content (AvgIpc) is 3.25. The summed E-state index contributed by atoms with van der Waals surface area (Å²) in [5.74, 6) is 2.77. The Morgan fingerprint density at radius 1 is 1.18 bits per heavy atom. The van der Waals surface area contributed by atoms with Crippen molar-refractivity contribution in [2.75, 3.05) is 7.11 Å². The lowest BCUT2D eigenvalue weighted by atomic mass is 9.80. The highest BCUT2D eigenvalue weighted by Gasteiger charge is 2.50. The number of methoxy groups -OCH3 is 1. The molecule has 0 spiro atoms. The van der Waals surface area contributed by atoms with Crippen molar-refractivity contribution in [1.82, 2.24) is 9.97 Å². The molecule has 1 aliphatic carbocycles. The molecule has 0 radical (unpaired) electrons. The van der Waals surface area contributed by atoms with Gasteiger partial charge >= 0.3 is 5.95 Å². The number of benzene rings is 1. The van der Waals surface area contributed by atoms with Crippen molar-refractivity contribution in [2.24, 2.45) is 0 Å². The summed E-state index contributed by atoms with van der Waals surface area (Å²) in [6, 6.07) is 6.21. The summed E-state index contributed by atoms with van der Waals surface area (Å²) in [6.07, 6.45) is 3.18. The number of pyridine rings is 1. The van der Waals surface area contributed by atoms with E-state index in [0.717, 1.165) is 57.3 Å². The largest absolute Gasteiger partial charge is 1.00 e. The van der Waals surface area contributed by atoms with Gasteiger partial charge in [0, 0.05) is 27.7 Å². The molecule has 4 rings (SSSR count). The molecule has 184 valence electrons. The Kier molecular flexibility index (Phi) is 7.71. The van der Waals surface area contributed by atoms with Gasteiger partial charge in [-0.05, 0) is 64.3 Å². The zero-order valence-corrected chi connectivity index (χ0v) is 23.6. The maximum absolute atomic E-state index is 13.1. The lowest BCUT2D eigenvalue weighted by Crippen LogP contribution is -3.00. The van der Waals surface area contributed by atoms with Crippen LogP contribution in [0.15, 0.2) is 24.4 Å². The molecule has 0 saturated carbocycles. The Morgan fingerprint density at radius 3 is 2.44 bits per heavy atom. The van der Waals surface area contributed by atoms with Gasteiger partial charge in [0.25, 0.3) is 0 Å². The van der Waals surface area contributed by atoms with Crippen LogP contribution in [0.3, 0.4) is 0 Å². The third kappa shape index (κ3) is 4.35. The maximum Gasteiger partial charge on any atom is 0.402 e. The molecule has 0 aliphatic heterocycles. The number of H-pyrrole nitrogens is 1. The highest BCUT2D eigenvalue weighted by atomic mass is 35.5. The molecule has 1 unspecified atom stereocenters. The second-order valence-corrected chi connectivity index (χ2v) is 12.8. The summed E-state index contributed by atoms with van der Waals surface area (Å²) in [6.45, 7) is 14.7. The van der Waals surface area contributed by atoms with E-state index in [2.05, 4.69) is 42.5 Å². The van der Waals surface area contributed by atoms with Gasteiger partial charge in [0.2, 0.25) is 0 Å². The molecular formula is C26H34ClN3O2S2. The minimum atomic E-state index is -0.509. The van der Waals surface area contributed by atoms with Crippen LogP contribution in [0.1, 0.15) is 70.3 Å². The number of hydrogen-bond donors (Lipinski definition) is 1. The third-order valence-electron chi connectivity index (χ3n) is 7.01. The van der Waals surface area contributed by atoms with Crippen LogP contribution in [-0.4, -0.2) is 28.1 Å². The first-order valence-electron chi connectivity index (χ1n) is 11.5. The number of nitrogens with one attached hydrogen (secondary N) is 1. The van der Waals surface area contributed by atoms with E-state index < -0.39 is 10.8 Å². The van der Waals surface area contributed by atoms with Gasteiger partial charge in [0.15, 0.2) is 11.3 Å². The first-order chi connectivity index (χ1) is 15.5. The number of rotatable bonds is 7. The Morgan fingerprint density at radius 2 is 1.82 bits per heavy atom. The maximum atomic E-state index is 13.1. The molecule has 0 fully saturated rings. The van der Waals surface area contributed by atoms with E-state index in [4.69, 9.17) is 9.72 Å². The smallest absolute Gasteiger partial charge is 0.402 e. The highest BCUT2D eigenvalue weighted by Crippen LogP contribution is 2.47. The molecule has 5 nitrogen and oxygen atoms in total. The van der Waals surface area contributed by atoms with E-state index in [-0.39, 0.29) is 18.2 Å². The van der Waals surface area contributed by atoms with E-state index in [1.54, 1.807) is 7.11 Å². The van der Waals surface area contributed by atoms with Gasteiger partial charge in [-0.15, -0.1) is 0 Å². The number of carbonyl (C=O) groups is 1. The number of aromatic nitrogens is 3. The van der Waals surface area contributed by atoms with Crippen LogP contribution in [0.4, 0.5) is 0 Å². The van der Waals surface area contributed by atoms with Gasteiger partial charge in [-0.2, -0.15) is 0 Å². The zero-order valence-electron chi connectivity index (χ0n) is 21.2. The van der Waals surface area contributed by atoms with E-state index in [1.165, 1.54) is 0 Å². The summed E-state index contributed by atoms with van der Waals surface area (Å²) in [4.78, 5) is 21.5. The molecule has 1 N–H and O–H groups in total. The van der Waals surface area contributed by atoms with Crippen molar-refractivity contribution in [3.05, 3.63) is 46.8 Å². The Balaban J connectivity index is 0.00000324. The van der Waals surface area contributed by atoms with Crippen LogP contribution in [0.2, 0.25) is 0 Å². The van der Waals surface area contributed by atoms with Crippen molar-refractivity contribution in [3.63, 3.8) is 0 Å². The number of Topliss-reactive ketones (excluding diaryl/α,β-unsaturated/α-hetero) is 1. The van der Waals surface area contributed by atoms with Crippen molar-refractivity contribution < 1.29 is 26.5 Å². The average molecular weight is 520 g/mol. The lowest BCUT2D eigenvalue weighted by molar-refractivity contribution is -0.610. The van der Waals surface area contributed by atoms with Crippen molar-refractivity contribution in [3.8, 4) is 11.7 Å². The predicted molar refractivity (Wildman–Crippen MR) is 139 cm³/mol. The molecule has 1 aliphatic rings. The first kappa shape index (κ1) is 26.9. The van der Waals surface area contributed by atoms with Crippen LogP contribution >= 0.6 is 21.6 Å². The molecule has 0 saturated heterocycles. The summed E-state index contributed by atoms with van der Waals surface area (Å²) in [7, 11) is 5.50. The summed E-state index contributed by atoms with van der Waals surface area (Å²) in [5.41, 5.74) is 5.29. The quantitative estimate of drug-likeness (QED) is 0.384. The normalized spacial score (nSPS) is 16.9. The Labute approximate surface area is 216 Å². The van der Waals surface area contributed by atoms with E-state index in [1.807, 2.05) is 61.5 Å². The monoisotopic (exact) mass is 519 g/mol. The number of aromatic amines is 1. The Bertz CT molecular complexity index is 1180. The van der Waals surface area contributed by atoms with Crippen LogP contribution in [0.5, 0.6) is 5.75 Å². The second-order valence-electron chi connectivity index (χ2n) is 9.96. The topological polar surface area (TPSA) is 58.9 Å². The van der Waals surface area contributed by atoms with E-state index in [9.17, 15) is 4.79 Å². The van der Waals surface area contributed by atoms with Gasteiger partial charge in [0.05, 0.1) is 19.1 Å². The standard InChI is InChI=1S/C26H34N3O2S2.ClH/c1-9-15(2)33-32-14-21-16(3)22(31-8)10-11-29(21)24-27-19-12-17-18(13-20(19)28-24)26(6,7)23(30)25(17,4)5;/h10-13,15H,9,14H2,1-8H3,(H,27,28);1H/q+1;/p-1. The molecule has 34 heavy (non-hydrogen) atoms. The fourth-order valence-electron chi connectivity index (χ4n) is 4.77. The van der Waals surface area contributed by atoms with Crippen molar-refractivity contribution in [2.45, 2.75) is 76.7 Å². The number of ketones is 1. The molecule has 8 heteroatoms. The zero-order chi connectivity index (χ0) is 24.1. The van der Waals surface area contributed by atoms with Gasteiger partial charge in [-0.3, -0.25) is 4.79 Å². The molecular weight excluding hydrogens is 486 g/mol. The molecule has 0 bridgehead atoms. The van der Waals surface area contributed by atoms with Crippen LogP contribution in [-0.2, 0) is 21.4 Å². The molecule has 2 aromatic heterocycles. The van der Waals surface area contributed by atoms with Crippen LogP contribution in [0, 0.1) is 6.92 Å². The van der Waals surface area contributed by atoms with Gasteiger partial charge in [-0.1, -0.05) is 40.4 Å².